The van der Waals surface area contributed by atoms with Gasteiger partial charge in [0.1, 0.15) is 11.6 Å². The van der Waals surface area contributed by atoms with E-state index >= 15 is 0 Å². The number of nitrogens with one attached hydrogen (secondary N) is 2. The van der Waals surface area contributed by atoms with E-state index in [9.17, 15) is 23.2 Å². The lowest BCUT2D eigenvalue weighted by Crippen LogP contribution is -2.14. The molecule has 2 aromatic carbocycles. The highest BCUT2D eigenvalue weighted by Gasteiger charge is 2.30. The number of rotatable bonds is 3. The van der Waals surface area contributed by atoms with E-state index in [1.165, 1.54) is 18.2 Å². The number of fused-ring (bicyclic) bond motifs is 1. The molecule has 3 aromatic rings. The standard InChI is InChI=1S/C20H14F3N3O/c1-12-17(16-7-2-3-8-18(16)25-12)9-13(11-24)19(27)26-15-6-4-5-14(10-15)20(21,22)23/h2-10,25H,1H3,(H,26,27)/b13-9-. The Balaban J connectivity index is 1.92. The first-order chi connectivity index (χ1) is 12.8. The molecule has 0 aliphatic carbocycles. The predicted molar refractivity (Wildman–Crippen MR) is 96.7 cm³/mol. The van der Waals surface area contributed by atoms with Crippen molar-refractivity contribution >= 4 is 28.6 Å². The number of anilines is 1. The van der Waals surface area contributed by atoms with Gasteiger partial charge in [-0.1, -0.05) is 24.3 Å². The normalized spacial score (nSPS) is 12.0. The number of nitriles is 1. The fraction of sp³-hybridized carbons (Fsp3) is 0.100. The number of amides is 1. The van der Waals surface area contributed by atoms with Gasteiger partial charge in [-0.05, 0) is 37.3 Å². The average Bonchev–Trinajstić information content (AvgIpc) is 2.94. The molecule has 0 aliphatic rings. The van der Waals surface area contributed by atoms with E-state index < -0.39 is 17.6 Å². The molecule has 1 heterocycles. The minimum Gasteiger partial charge on any atom is -0.358 e. The molecule has 7 heteroatoms. The summed E-state index contributed by atoms with van der Waals surface area (Å²) in [5, 5.41) is 12.5. The minimum atomic E-state index is -4.52. The van der Waals surface area contributed by atoms with Gasteiger partial charge in [0.15, 0.2) is 0 Å². The number of alkyl halides is 3. The van der Waals surface area contributed by atoms with E-state index in [4.69, 9.17) is 0 Å². The van der Waals surface area contributed by atoms with Gasteiger partial charge in [0, 0.05) is 27.8 Å². The summed E-state index contributed by atoms with van der Waals surface area (Å²) in [4.78, 5) is 15.5. The Bertz CT molecular complexity index is 1090. The number of para-hydroxylation sites is 1. The van der Waals surface area contributed by atoms with Gasteiger partial charge < -0.3 is 10.3 Å². The minimum absolute atomic E-state index is 0.0355. The molecule has 27 heavy (non-hydrogen) atoms. The number of halogens is 3. The number of H-pyrrole nitrogens is 1. The molecular weight excluding hydrogens is 355 g/mol. The summed E-state index contributed by atoms with van der Waals surface area (Å²) in [6.45, 7) is 1.81. The molecule has 0 saturated heterocycles. The van der Waals surface area contributed by atoms with Crippen LogP contribution < -0.4 is 5.32 Å². The first kappa shape index (κ1) is 18.3. The quantitative estimate of drug-likeness (QED) is 0.502. The zero-order chi connectivity index (χ0) is 19.6. The number of hydrogen-bond donors (Lipinski definition) is 2. The molecule has 0 spiro atoms. The van der Waals surface area contributed by atoms with Crippen LogP contribution in [0, 0.1) is 18.3 Å². The number of carbonyl (C=O) groups is 1. The summed E-state index contributed by atoms with van der Waals surface area (Å²) in [5.41, 5.74) is 1.19. The van der Waals surface area contributed by atoms with Crippen LogP contribution in [0.1, 0.15) is 16.8 Å². The molecule has 4 nitrogen and oxygen atoms in total. The molecule has 0 atom stereocenters. The molecule has 2 N–H and O–H groups in total. The predicted octanol–water partition coefficient (Wildman–Crippen LogP) is 5.04. The third-order valence-corrected chi connectivity index (χ3v) is 4.04. The molecule has 1 aromatic heterocycles. The van der Waals surface area contributed by atoms with E-state index in [1.807, 2.05) is 37.3 Å². The van der Waals surface area contributed by atoms with Crippen molar-refractivity contribution in [1.29, 1.82) is 5.26 Å². The summed E-state index contributed by atoms with van der Waals surface area (Å²) >= 11 is 0. The molecule has 0 fully saturated rings. The summed E-state index contributed by atoms with van der Waals surface area (Å²) in [6.07, 6.45) is -3.09. The van der Waals surface area contributed by atoms with Gasteiger partial charge in [-0.25, -0.2) is 0 Å². The van der Waals surface area contributed by atoms with E-state index in [-0.39, 0.29) is 11.3 Å². The highest BCUT2D eigenvalue weighted by Crippen LogP contribution is 2.31. The lowest BCUT2D eigenvalue weighted by atomic mass is 10.1. The summed E-state index contributed by atoms with van der Waals surface area (Å²) in [5.74, 6) is -0.776. The zero-order valence-corrected chi connectivity index (χ0v) is 14.2. The number of nitrogens with zero attached hydrogens (tertiary/aromatic N) is 1. The monoisotopic (exact) mass is 369 g/mol. The second-order valence-corrected chi connectivity index (χ2v) is 5.91. The van der Waals surface area contributed by atoms with Crippen LogP contribution in [0.15, 0.2) is 54.1 Å². The van der Waals surface area contributed by atoms with E-state index in [0.717, 1.165) is 28.7 Å². The van der Waals surface area contributed by atoms with E-state index in [0.29, 0.717) is 5.56 Å². The third-order valence-electron chi connectivity index (χ3n) is 4.04. The van der Waals surface area contributed by atoms with E-state index in [2.05, 4.69) is 10.3 Å². The van der Waals surface area contributed by atoms with Gasteiger partial charge in [0.2, 0.25) is 0 Å². The van der Waals surface area contributed by atoms with Gasteiger partial charge in [-0.15, -0.1) is 0 Å². The van der Waals surface area contributed by atoms with Crippen LogP contribution in [0.3, 0.4) is 0 Å². The molecule has 0 unspecified atom stereocenters. The van der Waals surface area contributed by atoms with Gasteiger partial charge in [0.05, 0.1) is 5.56 Å². The number of benzene rings is 2. The maximum Gasteiger partial charge on any atom is 0.416 e. The number of aromatic nitrogens is 1. The van der Waals surface area contributed by atoms with Crippen LogP contribution in [0.25, 0.3) is 17.0 Å². The van der Waals surface area contributed by atoms with Crippen LogP contribution in [-0.2, 0) is 11.0 Å². The average molecular weight is 369 g/mol. The van der Waals surface area contributed by atoms with Crippen LogP contribution in [-0.4, -0.2) is 10.9 Å². The zero-order valence-electron chi connectivity index (χ0n) is 14.2. The van der Waals surface area contributed by atoms with Crippen LogP contribution in [0.2, 0.25) is 0 Å². The molecule has 1 amide bonds. The van der Waals surface area contributed by atoms with Crippen molar-refractivity contribution in [2.75, 3.05) is 5.32 Å². The van der Waals surface area contributed by atoms with Crippen LogP contribution in [0.5, 0.6) is 0 Å². The lowest BCUT2D eigenvalue weighted by molar-refractivity contribution is -0.137. The second-order valence-electron chi connectivity index (χ2n) is 5.91. The molecule has 0 saturated carbocycles. The molecule has 0 bridgehead atoms. The third kappa shape index (κ3) is 3.85. The fourth-order valence-corrected chi connectivity index (χ4v) is 2.75. The number of carbonyl (C=O) groups excluding carboxylic acids is 1. The second kappa shape index (κ2) is 7.00. The molecular formula is C20H14F3N3O. The topological polar surface area (TPSA) is 68.7 Å². The Hall–Kier alpha value is -3.53. The van der Waals surface area contributed by atoms with Crippen molar-refractivity contribution in [3.05, 3.63) is 70.9 Å². The summed E-state index contributed by atoms with van der Waals surface area (Å²) in [7, 11) is 0. The van der Waals surface area contributed by atoms with Gasteiger partial charge in [0.25, 0.3) is 5.91 Å². The Kier molecular flexibility index (Phi) is 4.74. The molecule has 0 radical (unpaired) electrons. The molecule has 3 rings (SSSR count). The Morgan fingerprint density at radius 1 is 1.19 bits per heavy atom. The van der Waals surface area contributed by atoms with Crippen LogP contribution in [0.4, 0.5) is 18.9 Å². The largest absolute Gasteiger partial charge is 0.416 e. The summed E-state index contributed by atoms with van der Waals surface area (Å²) < 4.78 is 38.4. The van der Waals surface area contributed by atoms with Gasteiger partial charge in [-0.2, -0.15) is 18.4 Å². The Morgan fingerprint density at radius 2 is 1.93 bits per heavy atom. The van der Waals surface area contributed by atoms with Crippen molar-refractivity contribution in [2.24, 2.45) is 0 Å². The lowest BCUT2D eigenvalue weighted by Gasteiger charge is -2.09. The van der Waals surface area contributed by atoms with Crippen LogP contribution >= 0.6 is 0 Å². The molecule has 0 aliphatic heterocycles. The summed E-state index contributed by atoms with van der Waals surface area (Å²) in [6, 6.07) is 13.5. The smallest absolute Gasteiger partial charge is 0.358 e. The SMILES string of the molecule is Cc1[nH]c2ccccc2c1/C=C(/C#N)C(=O)Nc1cccc(C(F)(F)F)c1. The number of aryl methyl sites for hydroxylation is 1. The van der Waals surface area contributed by atoms with Crippen molar-refractivity contribution in [2.45, 2.75) is 13.1 Å². The van der Waals surface area contributed by atoms with E-state index in [1.54, 1.807) is 0 Å². The molecule has 136 valence electrons. The van der Waals surface area contributed by atoms with Crippen molar-refractivity contribution in [3.63, 3.8) is 0 Å². The maximum absolute atomic E-state index is 12.8. The number of hydrogen-bond acceptors (Lipinski definition) is 2. The van der Waals surface area contributed by atoms with Crippen molar-refractivity contribution in [1.82, 2.24) is 4.98 Å². The first-order valence-electron chi connectivity index (χ1n) is 7.97. The fourth-order valence-electron chi connectivity index (χ4n) is 2.75. The van der Waals surface area contributed by atoms with Gasteiger partial charge in [-0.3, -0.25) is 4.79 Å². The maximum atomic E-state index is 12.8. The highest BCUT2D eigenvalue weighted by molar-refractivity contribution is 6.11. The highest BCUT2D eigenvalue weighted by atomic mass is 19.4. The van der Waals surface area contributed by atoms with Crippen molar-refractivity contribution < 1.29 is 18.0 Å². The van der Waals surface area contributed by atoms with Crippen molar-refractivity contribution in [3.8, 4) is 6.07 Å². The Labute approximate surface area is 152 Å². The number of aromatic amines is 1. The Morgan fingerprint density at radius 3 is 2.63 bits per heavy atom. The first-order valence-corrected chi connectivity index (χ1v) is 7.97. The van der Waals surface area contributed by atoms with Gasteiger partial charge >= 0.3 is 6.18 Å².